The van der Waals surface area contributed by atoms with Gasteiger partial charge in [0, 0.05) is 30.3 Å². The molecule has 1 amide bonds. The molecule has 0 saturated heterocycles. The fraction of sp³-hybridized carbons (Fsp3) is 0.143. The van der Waals surface area contributed by atoms with Gasteiger partial charge in [-0.2, -0.15) is 18.3 Å². The Morgan fingerprint density at radius 1 is 1.17 bits per heavy atom. The van der Waals surface area contributed by atoms with Crippen molar-refractivity contribution in [1.29, 1.82) is 0 Å². The highest BCUT2D eigenvalue weighted by atomic mass is 19.4. The summed E-state index contributed by atoms with van der Waals surface area (Å²) in [5, 5.41) is 7.56. The number of halogens is 3. The molecule has 0 aliphatic carbocycles. The van der Waals surface area contributed by atoms with Gasteiger partial charge in [0.2, 0.25) is 0 Å². The highest BCUT2D eigenvalue weighted by Crippen LogP contribution is 2.30. The number of anilines is 1. The largest absolute Gasteiger partial charge is 0.489 e. The molecule has 0 fully saturated rings. The van der Waals surface area contributed by atoms with Gasteiger partial charge in [-0.15, -0.1) is 0 Å². The molecule has 2 aromatic carbocycles. The third-order valence-electron chi connectivity index (χ3n) is 4.64. The summed E-state index contributed by atoms with van der Waals surface area (Å²) < 4.78 is 45.2. The van der Waals surface area contributed by atoms with Crippen LogP contribution in [0.3, 0.4) is 0 Å². The van der Waals surface area contributed by atoms with E-state index < -0.39 is 11.7 Å². The van der Waals surface area contributed by atoms with E-state index in [0.717, 1.165) is 23.0 Å². The Labute approximate surface area is 169 Å². The first-order valence-corrected chi connectivity index (χ1v) is 9.01. The number of hydrogen-bond donors (Lipinski definition) is 2. The first-order chi connectivity index (χ1) is 14.3. The third-order valence-corrected chi connectivity index (χ3v) is 4.64. The van der Waals surface area contributed by atoms with Crippen molar-refractivity contribution in [3.63, 3.8) is 0 Å². The number of nitrogens with one attached hydrogen (secondary N) is 2. The number of rotatable bonds is 5. The van der Waals surface area contributed by atoms with Crippen molar-refractivity contribution < 1.29 is 22.7 Å². The highest BCUT2D eigenvalue weighted by Gasteiger charge is 2.29. The maximum Gasteiger partial charge on any atom is 0.416 e. The summed E-state index contributed by atoms with van der Waals surface area (Å²) in [6, 6.07) is 11.7. The van der Waals surface area contributed by atoms with Gasteiger partial charge in [-0.1, -0.05) is 12.1 Å². The third kappa shape index (κ3) is 4.00. The van der Waals surface area contributed by atoms with Crippen molar-refractivity contribution >= 4 is 22.5 Å². The normalized spacial score (nSPS) is 11.6. The minimum Gasteiger partial charge on any atom is -0.489 e. The number of hydrogen-bond acceptors (Lipinski definition) is 3. The molecule has 0 radical (unpaired) electrons. The molecule has 2 N–H and O–H groups in total. The van der Waals surface area contributed by atoms with Crippen LogP contribution in [0.4, 0.5) is 18.9 Å². The summed E-state index contributed by atoms with van der Waals surface area (Å²) in [6.45, 7) is 0.116. The zero-order valence-electron chi connectivity index (χ0n) is 15.8. The van der Waals surface area contributed by atoms with Gasteiger partial charge in [-0.25, -0.2) is 0 Å². The van der Waals surface area contributed by atoms with Gasteiger partial charge < -0.3 is 15.0 Å². The Balaban J connectivity index is 1.48. The number of ether oxygens (including phenoxy) is 1. The quantitative estimate of drug-likeness (QED) is 0.495. The summed E-state index contributed by atoms with van der Waals surface area (Å²) in [7, 11) is 1.68. The molecule has 9 heteroatoms. The molecule has 154 valence electrons. The van der Waals surface area contributed by atoms with E-state index in [1.165, 1.54) is 23.0 Å². The van der Waals surface area contributed by atoms with Crippen molar-refractivity contribution in [3.05, 3.63) is 77.7 Å². The molecule has 0 aliphatic rings. The number of fused-ring (bicyclic) bond motifs is 1. The van der Waals surface area contributed by atoms with E-state index >= 15 is 0 Å². The van der Waals surface area contributed by atoms with Gasteiger partial charge in [-0.3, -0.25) is 9.48 Å². The van der Waals surface area contributed by atoms with Crippen LogP contribution in [0, 0.1) is 0 Å². The average molecular weight is 414 g/mol. The summed E-state index contributed by atoms with van der Waals surface area (Å²) in [4.78, 5) is 15.5. The van der Waals surface area contributed by atoms with Gasteiger partial charge in [0.1, 0.15) is 18.1 Å². The molecular formula is C21H17F3N4O2. The molecule has 0 aliphatic heterocycles. The van der Waals surface area contributed by atoms with E-state index in [2.05, 4.69) is 15.4 Å². The van der Waals surface area contributed by atoms with Crippen LogP contribution in [-0.4, -0.2) is 20.7 Å². The number of carbonyl (C=O) groups is 1. The zero-order valence-corrected chi connectivity index (χ0v) is 15.8. The highest BCUT2D eigenvalue weighted by molar-refractivity contribution is 6.08. The summed E-state index contributed by atoms with van der Waals surface area (Å²) >= 11 is 0. The molecule has 0 unspecified atom stereocenters. The van der Waals surface area contributed by atoms with E-state index in [9.17, 15) is 18.0 Å². The second-order valence-corrected chi connectivity index (χ2v) is 6.69. The molecule has 4 rings (SSSR count). The van der Waals surface area contributed by atoms with E-state index in [-0.39, 0.29) is 12.5 Å². The van der Waals surface area contributed by atoms with E-state index in [1.54, 1.807) is 37.5 Å². The number of aryl methyl sites for hydroxylation is 1. The lowest BCUT2D eigenvalue weighted by molar-refractivity contribution is -0.137. The zero-order chi connectivity index (χ0) is 21.3. The van der Waals surface area contributed by atoms with Crippen molar-refractivity contribution in [3.8, 4) is 5.75 Å². The standard InChI is InChI=1S/C21H17F3N4O2/c1-28-19(8-9-26-28)20(29)27-18-11-25-17-7-6-15(10-16(17)18)30-12-13-2-4-14(5-3-13)21(22,23)24/h2-11,25H,12H2,1H3,(H,27,29). The van der Waals surface area contributed by atoms with Crippen molar-refractivity contribution in [2.45, 2.75) is 12.8 Å². The maximum atomic E-state index is 12.7. The van der Waals surface area contributed by atoms with Crippen LogP contribution >= 0.6 is 0 Å². The first kappa shape index (κ1) is 19.6. The predicted molar refractivity (Wildman–Crippen MR) is 105 cm³/mol. The van der Waals surface area contributed by atoms with Crippen LogP contribution in [0.25, 0.3) is 10.9 Å². The minimum absolute atomic E-state index is 0.116. The topological polar surface area (TPSA) is 71.9 Å². The number of aromatic amines is 1. The number of alkyl halides is 3. The van der Waals surface area contributed by atoms with Crippen LogP contribution < -0.4 is 10.1 Å². The molecule has 6 nitrogen and oxygen atoms in total. The number of amides is 1. The lowest BCUT2D eigenvalue weighted by Crippen LogP contribution is -2.15. The lowest BCUT2D eigenvalue weighted by atomic mass is 10.1. The Hall–Kier alpha value is -3.75. The Bertz CT molecular complexity index is 1190. The number of benzene rings is 2. The monoisotopic (exact) mass is 414 g/mol. The van der Waals surface area contributed by atoms with Gasteiger partial charge in [-0.05, 0) is 42.0 Å². The van der Waals surface area contributed by atoms with Gasteiger partial charge >= 0.3 is 6.18 Å². The second-order valence-electron chi connectivity index (χ2n) is 6.69. The van der Waals surface area contributed by atoms with E-state index in [1.807, 2.05) is 0 Å². The number of nitrogens with zero attached hydrogens (tertiary/aromatic N) is 2. The molecule has 0 saturated carbocycles. The molecule has 2 heterocycles. The molecule has 30 heavy (non-hydrogen) atoms. The fourth-order valence-electron chi connectivity index (χ4n) is 3.03. The van der Waals surface area contributed by atoms with Crippen LogP contribution in [0.5, 0.6) is 5.75 Å². The Morgan fingerprint density at radius 3 is 2.60 bits per heavy atom. The smallest absolute Gasteiger partial charge is 0.416 e. The average Bonchev–Trinajstić information content (AvgIpc) is 3.32. The molecule has 4 aromatic rings. The van der Waals surface area contributed by atoms with Gasteiger partial charge in [0.15, 0.2) is 0 Å². The summed E-state index contributed by atoms with van der Waals surface area (Å²) in [5.41, 5.74) is 1.71. The molecule has 2 aromatic heterocycles. The Kier molecular flexibility index (Phi) is 4.94. The Morgan fingerprint density at radius 2 is 1.93 bits per heavy atom. The predicted octanol–water partition coefficient (Wildman–Crippen LogP) is 4.75. The maximum absolute atomic E-state index is 12.7. The van der Waals surface area contributed by atoms with Crippen LogP contribution in [0.1, 0.15) is 21.6 Å². The van der Waals surface area contributed by atoms with E-state index in [4.69, 9.17) is 4.74 Å². The molecule has 0 bridgehead atoms. The van der Waals surface area contributed by atoms with Crippen molar-refractivity contribution in [1.82, 2.24) is 14.8 Å². The van der Waals surface area contributed by atoms with Crippen molar-refractivity contribution in [2.24, 2.45) is 7.05 Å². The first-order valence-electron chi connectivity index (χ1n) is 9.01. The fourth-order valence-corrected chi connectivity index (χ4v) is 3.03. The lowest BCUT2D eigenvalue weighted by Gasteiger charge is -2.10. The number of H-pyrrole nitrogens is 1. The van der Waals surface area contributed by atoms with Crippen LogP contribution in [0.2, 0.25) is 0 Å². The number of aromatic nitrogens is 3. The van der Waals surface area contributed by atoms with Crippen LogP contribution in [-0.2, 0) is 19.8 Å². The minimum atomic E-state index is -4.37. The summed E-state index contributed by atoms with van der Waals surface area (Å²) in [5.74, 6) is 0.227. The molecular weight excluding hydrogens is 397 g/mol. The summed E-state index contributed by atoms with van der Waals surface area (Å²) in [6.07, 6.45) is -1.15. The van der Waals surface area contributed by atoms with Crippen LogP contribution in [0.15, 0.2) is 60.9 Å². The van der Waals surface area contributed by atoms with E-state index in [0.29, 0.717) is 22.7 Å². The number of carbonyl (C=O) groups excluding carboxylic acids is 1. The van der Waals surface area contributed by atoms with Gasteiger partial charge in [0.25, 0.3) is 5.91 Å². The second kappa shape index (κ2) is 7.58. The molecule has 0 spiro atoms. The van der Waals surface area contributed by atoms with Gasteiger partial charge in [0.05, 0.1) is 11.3 Å². The van der Waals surface area contributed by atoms with Crippen molar-refractivity contribution in [2.75, 3.05) is 5.32 Å². The SMILES string of the molecule is Cn1nccc1C(=O)Nc1c[nH]c2ccc(OCc3ccc(C(F)(F)F)cc3)cc12. The molecule has 0 atom stereocenters.